The van der Waals surface area contributed by atoms with Gasteiger partial charge >= 0.3 is 0 Å². The topological polar surface area (TPSA) is 15.3 Å². The van der Waals surface area contributed by atoms with E-state index in [0.29, 0.717) is 6.04 Å². The molecule has 3 rings (SSSR count). The van der Waals surface area contributed by atoms with Gasteiger partial charge in [0.25, 0.3) is 0 Å². The van der Waals surface area contributed by atoms with Gasteiger partial charge in [-0.25, -0.2) is 0 Å². The molecular formula is C19H24N2. The number of rotatable bonds is 4. The molecule has 0 radical (unpaired) electrons. The highest BCUT2D eigenvalue weighted by molar-refractivity contribution is 5.43. The average Bonchev–Trinajstić information content (AvgIpc) is 2.75. The van der Waals surface area contributed by atoms with Gasteiger partial charge in [0.1, 0.15) is 0 Å². The zero-order valence-corrected chi connectivity index (χ0v) is 12.5. The molecule has 0 spiro atoms. The smallest absolute Gasteiger partial charge is 0.0342 e. The summed E-state index contributed by atoms with van der Waals surface area (Å²) in [6, 6.07) is 22.0. The van der Waals surface area contributed by atoms with Gasteiger partial charge in [0.15, 0.2) is 0 Å². The van der Waals surface area contributed by atoms with E-state index in [4.69, 9.17) is 0 Å². The lowest BCUT2D eigenvalue weighted by atomic mass is 10.1. The van der Waals surface area contributed by atoms with Crippen LogP contribution in [-0.4, -0.2) is 24.0 Å². The zero-order valence-electron chi connectivity index (χ0n) is 12.5. The van der Waals surface area contributed by atoms with Gasteiger partial charge in [-0.15, -0.1) is 0 Å². The second kappa shape index (κ2) is 7.28. The largest absolute Gasteiger partial charge is 0.382 e. The van der Waals surface area contributed by atoms with Crippen LogP contribution in [-0.2, 0) is 6.54 Å². The Hall–Kier alpha value is -1.80. The van der Waals surface area contributed by atoms with Gasteiger partial charge in [-0.05, 0) is 43.5 Å². The lowest BCUT2D eigenvalue weighted by Crippen LogP contribution is -2.26. The van der Waals surface area contributed by atoms with Gasteiger partial charge < -0.3 is 5.32 Å². The molecule has 1 saturated heterocycles. The Morgan fingerprint density at radius 2 is 1.57 bits per heavy atom. The lowest BCUT2D eigenvalue weighted by molar-refractivity contribution is 0.276. The highest BCUT2D eigenvalue weighted by Crippen LogP contribution is 2.18. The molecule has 1 N–H and O–H groups in total. The van der Waals surface area contributed by atoms with Gasteiger partial charge in [0.05, 0.1) is 0 Å². The van der Waals surface area contributed by atoms with Gasteiger partial charge in [-0.2, -0.15) is 0 Å². The summed E-state index contributed by atoms with van der Waals surface area (Å²) in [5, 5.41) is 3.68. The fraction of sp³-hybridized carbons (Fsp3) is 0.368. The average molecular weight is 280 g/mol. The summed E-state index contributed by atoms with van der Waals surface area (Å²) in [5.41, 5.74) is 2.67. The standard InChI is InChI=1S/C19H24N2/c1-3-8-17(9-4-1)16-21-14-7-12-19(13-15-21)20-18-10-5-2-6-11-18/h1-6,8-11,19-20H,7,12-16H2. The number of hydrogen-bond acceptors (Lipinski definition) is 2. The summed E-state index contributed by atoms with van der Waals surface area (Å²) in [5.74, 6) is 0. The predicted octanol–water partition coefficient (Wildman–Crippen LogP) is 4.15. The molecule has 2 aromatic carbocycles. The Balaban J connectivity index is 1.52. The molecule has 0 aliphatic carbocycles. The van der Waals surface area contributed by atoms with Crippen molar-refractivity contribution in [3.63, 3.8) is 0 Å². The molecule has 2 aromatic rings. The van der Waals surface area contributed by atoms with Crippen LogP contribution in [0.25, 0.3) is 0 Å². The van der Waals surface area contributed by atoms with Crippen LogP contribution in [0, 0.1) is 0 Å². The summed E-state index contributed by atoms with van der Waals surface area (Å²) in [6.45, 7) is 3.47. The maximum atomic E-state index is 3.68. The molecule has 21 heavy (non-hydrogen) atoms. The van der Waals surface area contributed by atoms with Gasteiger partial charge in [0.2, 0.25) is 0 Å². The Labute approximate surface area is 127 Å². The van der Waals surface area contributed by atoms with Crippen LogP contribution in [0.3, 0.4) is 0 Å². The molecule has 1 fully saturated rings. The highest BCUT2D eigenvalue weighted by Gasteiger charge is 2.16. The van der Waals surface area contributed by atoms with E-state index in [1.807, 2.05) is 0 Å². The highest BCUT2D eigenvalue weighted by atomic mass is 15.1. The van der Waals surface area contributed by atoms with Crippen molar-refractivity contribution in [3.05, 3.63) is 66.2 Å². The number of nitrogens with zero attached hydrogens (tertiary/aromatic N) is 1. The minimum atomic E-state index is 0.605. The van der Waals surface area contributed by atoms with Gasteiger partial charge in [-0.3, -0.25) is 4.90 Å². The maximum Gasteiger partial charge on any atom is 0.0342 e. The summed E-state index contributed by atoms with van der Waals surface area (Å²) in [6.07, 6.45) is 3.76. The first-order valence-electron chi connectivity index (χ1n) is 7.98. The summed E-state index contributed by atoms with van der Waals surface area (Å²) < 4.78 is 0. The quantitative estimate of drug-likeness (QED) is 0.905. The number of hydrogen-bond donors (Lipinski definition) is 1. The van der Waals surface area contributed by atoms with Crippen molar-refractivity contribution in [3.8, 4) is 0 Å². The number of para-hydroxylation sites is 1. The fourth-order valence-corrected chi connectivity index (χ4v) is 3.07. The Bertz CT molecular complexity index is 474. The summed E-state index contributed by atoms with van der Waals surface area (Å²) in [7, 11) is 0. The van der Waals surface area contributed by atoms with Crippen molar-refractivity contribution < 1.29 is 0 Å². The second-order valence-corrected chi connectivity index (χ2v) is 5.90. The Morgan fingerprint density at radius 1 is 0.857 bits per heavy atom. The van der Waals surface area contributed by atoms with Gasteiger partial charge in [0, 0.05) is 24.8 Å². The van der Waals surface area contributed by atoms with E-state index >= 15 is 0 Å². The first-order chi connectivity index (χ1) is 10.4. The van der Waals surface area contributed by atoms with E-state index in [-0.39, 0.29) is 0 Å². The molecule has 0 amide bonds. The van der Waals surface area contributed by atoms with E-state index in [0.717, 1.165) is 6.54 Å². The van der Waals surface area contributed by atoms with E-state index in [1.54, 1.807) is 0 Å². The van der Waals surface area contributed by atoms with E-state index in [9.17, 15) is 0 Å². The van der Waals surface area contributed by atoms with Crippen molar-refractivity contribution in [1.82, 2.24) is 4.90 Å². The summed E-state index contributed by atoms with van der Waals surface area (Å²) in [4.78, 5) is 2.59. The third-order valence-corrected chi connectivity index (χ3v) is 4.21. The van der Waals surface area contributed by atoms with E-state index in [2.05, 4.69) is 70.9 Å². The predicted molar refractivity (Wildman–Crippen MR) is 89.4 cm³/mol. The lowest BCUT2D eigenvalue weighted by Gasteiger charge is -2.21. The van der Waals surface area contributed by atoms with Crippen molar-refractivity contribution >= 4 is 5.69 Å². The molecule has 1 unspecified atom stereocenters. The van der Waals surface area contributed by atoms with E-state index in [1.165, 1.54) is 43.6 Å². The molecule has 2 nitrogen and oxygen atoms in total. The third kappa shape index (κ3) is 4.33. The maximum absolute atomic E-state index is 3.68. The number of anilines is 1. The molecule has 1 atom stereocenters. The van der Waals surface area contributed by atoms with Crippen LogP contribution >= 0.6 is 0 Å². The van der Waals surface area contributed by atoms with Crippen LogP contribution in [0.15, 0.2) is 60.7 Å². The van der Waals surface area contributed by atoms with Crippen LogP contribution in [0.5, 0.6) is 0 Å². The van der Waals surface area contributed by atoms with E-state index < -0.39 is 0 Å². The van der Waals surface area contributed by atoms with Crippen molar-refractivity contribution in [1.29, 1.82) is 0 Å². The monoisotopic (exact) mass is 280 g/mol. The van der Waals surface area contributed by atoms with Crippen molar-refractivity contribution in [2.75, 3.05) is 18.4 Å². The normalized spacial score (nSPS) is 19.9. The first-order valence-corrected chi connectivity index (χ1v) is 7.98. The minimum absolute atomic E-state index is 0.605. The van der Waals surface area contributed by atoms with Crippen LogP contribution in [0.1, 0.15) is 24.8 Å². The molecule has 0 saturated carbocycles. The van der Waals surface area contributed by atoms with Crippen LogP contribution < -0.4 is 5.32 Å². The van der Waals surface area contributed by atoms with Gasteiger partial charge in [-0.1, -0.05) is 48.5 Å². The fourth-order valence-electron chi connectivity index (χ4n) is 3.07. The molecule has 1 aliphatic rings. The molecule has 2 heteroatoms. The minimum Gasteiger partial charge on any atom is -0.382 e. The SMILES string of the molecule is c1ccc(CN2CCCC(Nc3ccccc3)CC2)cc1. The number of likely N-dealkylation sites (tertiary alicyclic amines) is 1. The Kier molecular flexibility index (Phi) is 4.90. The third-order valence-electron chi connectivity index (χ3n) is 4.21. The van der Waals surface area contributed by atoms with Crippen molar-refractivity contribution in [2.45, 2.75) is 31.8 Å². The van der Waals surface area contributed by atoms with Crippen molar-refractivity contribution in [2.24, 2.45) is 0 Å². The molecule has 1 aliphatic heterocycles. The first kappa shape index (κ1) is 14.2. The molecule has 1 heterocycles. The molecule has 0 bridgehead atoms. The number of benzene rings is 2. The number of nitrogens with one attached hydrogen (secondary N) is 1. The summed E-state index contributed by atoms with van der Waals surface area (Å²) >= 11 is 0. The molecule has 0 aromatic heterocycles. The van der Waals surface area contributed by atoms with Crippen LogP contribution in [0.2, 0.25) is 0 Å². The second-order valence-electron chi connectivity index (χ2n) is 5.90. The Morgan fingerprint density at radius 3 is 2.33 bits per heavy atom. The molecular weight excluding hydrogens is 256 g/mol. The zero-order chi connectivity index (χ0) is 14.3. The molecule has 110 valence electrons. The van der Waals surface area contributed by atoms with Crippen LogP contribution in [0.4, 0.5) is 5.69 Å².